The molecule has 8 heavy (non-hydrogen) atoms. The number of ether oxygens (including phenoxy) is 2. The first kappa shape index (κ1) is 8.11. The summed E-state index contributed by atoms with van der Waals surface area (Å²) in [5.41, 5.74) is 0. The molecule has 5 heteroatoms. The van der Waals surface area contributed by atoms with E-state index in [1.807, 2.05) is 0 Å². The van der Waals surface area contributed by atoms with E-state index < -0.39 is 15.2 Å². The van der Waals surface area contributed by atoms with Crippen LogP contribution in [0, 0.1) is 0 Å². The van der Waals surface area contributed by atoms with E-state index in [9.17, 15) is 4.57 Å². The molecule has 0 aliphatic carbocycles. The van der Waals surface area contributed by atoms with Crippen molar-refractivity contribution >= 4 is 8.69 Å². The van der Waals surface area contributed by atoms with Gasteiger partial charge in [0.15, 0.2) is 8.69 Å². The second kappa shape index (κ2) is 5.25. The molecule has 0 heterocycles. The number of rotatable bonds is 4. The highest BCUT2D eigenvalue weighted by Crippen LogP contribution is 2.02. The summed E-state index contributed by atoms with van der Waals surface area (Å²) in [7, 11) is 1.56. The molecule has 0 aromatic carbocycles. The van der Waals surface area contributed by atoms with E-state index in [1.165, 1.54) is 14.2 Å². The summed E-state index contributed by atoms with van der Waals surface area (Å²) < 4.78 is 23.2. The van der Waals surface area contributed by atoms with Crippen molar-refractivity contribution in [2.45, 2.75) is 6.48 Å². The number of hydrogen-bond acceptors (Lipinski definition) is 4. The molecule has 4 nitrogen and oxygen atoms in total. The molecule has 0 saturated carbocycles. The van der Waals surface area contributed by atoms with Gasteiger partial charge in [-0.05, 0) is 0 Å². The van der Waals surface area contributed by atoms with Crippen LogP contribution >= 0.6 is 8.69 Å². The summed E-state index contributed by atoms with van der Waals surface area (Å²) in [6.07, 6.45) is 0. The van der Waals surface area contributed by atoms with E-state index in [4.69, 9.17) is 0 Å². The molecule has 50 valence electrons. The zero-order valence-corrected chi connectivity index (χ0v) is 5.94. The Morgan fingerprint density at radius 3 is 2.00 bits per heavy atom. The van der Waals surface area contributed by atoms with E-state index in [2.05, 4.69) is 14.0 Å². The third-order valence-corrected chi connectivity index (χ3v) is 0.885. The molecule has 0 aliphatic heterocycles. The third kappa shape index (κ3) is 3.16. The lowest BCUT2D eigenvalue weighted by Gasteiger charge is -2.07. The maximum Gasteiger partial charge on any atom is 0.276 e. The molecule has 0 amide bonds. The van der Waals surface area contributed by atoms with Gasteiger partial charge >= 0.3 is 0 Å². The second-order valence-corrected chi connectivity index (χ2v) is 1.46. The highest BCUT2D eigenvalue weighted by molar-refractivity contribution is 7.17. The van der Waals surface area contributed by atoms with Gasteiger partial charge in [0.1, 0.15) is 0 Å². The van der Waals surface area contributed by atoms with Crippen LogP contribution in [-0.4, -0.2) is 20.7 Å². The number of methoxy groups -OCH3 is 2. The smallest absolute Gasteiger partial charge is 0.276 e. The highest BCUT2D eigenvalue weighted by Gasteiger charge is 1.99. The first-order chi connectivity index (χ1) is 3.85. The summed E-state index contributed by atoms with van der Waals surface area (Å²) in [6, 6.07) is 0. The summed E-state index contributed by atoms with van der Waals surface area (Å²) >= 11 is 0. The standard InChI is InChI=1S/C3H9O4P/c1-5-3(6-2)7-8-4/h3H,8H2,1-2H3. The lowest BCUT2D eigenvalue weighted by Crippen LogP contribution is -2.11. The van der Waals surface area contributed by atoms with Gasteiger partial charge in [-0.25, -0.2) is 0 Å². The van der Waals surface area contributed by atoms with Crippen molar-refractivity contribution in [3.63, 3.8) is 0 Å². The molecule has 0 rings (SSSR count). The largest absolute Gasteiger partial charge is 0.333 e. The minimum atomic E-state index is -1.25. The average molecular weight is 140 g/mol. The van der Waals surface area contributed by atoms with Gasteiger partial charge in [-0.2, -0.15) is 0 Å². The monoisotopic (exact) mass is 140 g/mol. The maximum atomic E-state index is 9.76. The van der Waals surface area contributed by atoms with Crippen LogP contribution in [0.15, 0.2) is 0 Å². The van der Waals surface area contributed by atoms with Crippen molar-refractivity contribution in [1.29, 1.82) is 0 Å². The van der Waals surface area contributed by atoms with E-state index in [-0.39, 0.29) is 0 Å². The van der Waals surface area contributed by atoms with Crippen LogP contribution in [0.25, 0.3) is 0 Å². The molecule has 1 atom stereocenters. The summed E-state index contributed by atoms with van der Waals surface area (Å²) in [6.45, 7) is -0.775. The van der Waals surface area contributed by atoms with Crippen molar-refractivity contribution in [2.24, 2.45) is 0 Å². The Labute approximate surface area is 49.0 Å². The SMILES string of the molecule is COC(OC)O[PH2]=O. The molecule has 0 spiro atoms. The zero-order valence-electron chi connectivity index (χ0n) is 4.79. The van der Waals surface area contributed by atoms with Crippen LogP contribution in [0.5, 0.6) is 0 Å². The molecule has 0 radical (unpaired) electrons. The van der Waals surface area contributed by atoms with Gasteiger partial charge in [0.25, 0.3) is 6.48 Å². The maximum absolute atomic E-state index is 9.76. The van der Waals surface area contributed by atoms with Crippen molar-refractivity contribution in [2.75, 3.05) is 14.2 Å². The fraction of sp³-hybridized carbons (Fsp3) is 1.00. The first-order valence-electron chi connectivity index (χ1n) is 2.00. The molecule has 0 saturated heterocycles. The number of hydrogen-bond donors (Lipinski definition) is 0. The van der Waals surface area contributed by atoms with Crippen molar-refractivity contribution in [3.05, 3.63) is 0 Å². The van der Waals surface area contributed by atoms with Crippen LogP contribution < -0.4 is 0 Å². The molecule has 0 bridgehead atoms. The Bertz CT molecular complexity index is 62.3. The van der Waals surface area contributed by atoms with Gasteiger partial charge in [-0.1, -0.05) is 0 Å². The summed E-state index contributed by atoms with van der Waals surface area (Å²) in [4.78, 5) is 0. The summed E-state index contributed by atoms with van der Waals surface area (Å²) in [5.74, 6) is 0. The molecule has 0 fully saturated rings. The van der Waals surface area contributed by atoms with Crippen molar-refractivity contribution in [3.8, 4) is 0 Å². The van der Waals surface area contributed by atoms with Crippen LogP contribution in [0.1, 0.15) is 0 Å². The fourth-order valence-corrected chi connectivity index (χ4v) is 0.566. The lowest BCUT2D eigenvalue weighted by molar-refractivity contribution is -0.214. The second-order valence-electron chi connectivity index (χ2n) is 0.992. The van der Waals surface area contributed by atoms with Gasteiger partial charge < -0.3 is 9.47 Å². The quantitative estimate of drug-likeness (QED) is 0.414. The molecule has 0 N–H and O–H groups in total. The lowest BCUT2D eigenvalue weighted by atomic mass is 11.2. The molecular formula is C3H9O4P. The topological polar surface area (TPSA) is 44.8 Å². The Balaban J connectivity index is 3.20. The Hall–Kier alpha value is 0.110. The minimum absolute atomic E-state index is 0.775. The van der Waals surface area contributed by atoms with E-state index in [1.54, 1.807) is 0 Å². The Kier molecular flexibility index (Phi) is 5.32. The minimum Gasteiger partial charge on any atom is -0.333 e. The van der Waals surface area contributed by atoms with E-state index in [0.717, 1.165) is 0 Å². The van der Waals surface area contributed by atoms with Crippen LogP contribution in [0.4, 0.5) is 0 Å². The predicted molar refractivity (Wildman–Crippen MR) is 29.3 cm³/mol. The van der Waals surface area contributed by atoms with Crippen LogP contribution in [-0.2, 0) is 18.6 Å². The van der Waals surface area contributed by atoms with Gasteiger partial charge in [-0.3, -0.25) is 9.09 Å². The third-order valence-electron chi connectivity index (χ3n) is 0.552. The molecular weight excluding hydrogens is 131 g/mol. The zero-order chi connectivity index (χ0) is 6.41. The van der Waals surface area contributed by atoms with Crippen molar-refractivity contribution in [1.82, 2.24) is 0 Å². The Morgan fingerprint density at radius 1 is 1.38 bits per heavy atom. The molecule has 0 aromatic heterocycles. The average Bonchev–Trinajstić information content (AvgIpc) is 1.83. The molecule has 0 aromatic rings. The van der Waals surface area contributed by atoms with Gasteiger partial charge in [0.05, 0.1) is 0 Å². The highest BCUT2D eigenvalue weighted by atomic mass is 31.1. The van der Waals surface area contributed by atoms with E-state index >= 15 is 0 Å². The molecule has 0 aliphatic rings. The normalized spacial score (nSPS) is 11.9. The van der Waals surface area contributed by atoms with Gasteiger partial charge in [-0.15, -0.1) is 0 Å². The predicted octanol–water partition coefficient (Wildman–Crippen LogP) is 0.251. The van der Waals surface area contributed by atoms with Gasteiger partial charge in [0.2, 0.25) is 0 Å². The van der Waals surface area contributed by atoms with E-state index in [0.29, 0.717) is 0 Å². The van der Waals surface area contributed by atoms with Gasteiger partial charge in [0, 0.05) is 14.2 Å². The Morgan fingerprint density at radius 2 is 1.88 bits per heavy atom. The van der Waals surface area contributed by atoms with Crippen molar-refractivity contribution < 1.29 is 18.6 Å². The fourth-order valence-electron chi connectivity index (χ4n) is 0.253. The van der Waals surface area contributed by atoms with Crippen LogP contribution in [0.3, 0.4) is 0 Å². The molecule has 1 unspecified atom stereocenters. The summed E-state index contributed by atoms with van der Waals surface area (Å²) in [5, 5.41) is 0. The first-order valence-corrected chi connectivity index (χ1v) is 2.94. The van der Waals surface area contributed by atoms with Crippen LogP contribution in [0.2, 0.25) is 0 Å².